The number of benzene rings is 2. The van der Waals surface area contributed by atoms with Gasteiger partial charge in [0.25, 0.3) is 0 Å². The average Bonchev–Trinajstić information content (AvgIpc) is 3.04. The van der Waals surface area contributed by atoms with Crippen molar-refractivity contribution in [3.63, 3.8) is 0 Å². The molecule has 0 aliphatic heterocycles. The van der Waals surface area contributed by atoms with Gasteiger partial charge in [0.15, 0.2) is 5.82 Å². The van der Waals surface area contributed by atoms with Gasteiger partial charge in [-0.05, 0) is 54.6 Å². The Morgan fingerprint density at radius 1 is 0.885 bits per heavy atom. The van der Waals surface area contributed by atoms with Crippen LogP contribution >= 0.6 is 0 Å². The van der Waals surface area contributed by atoms with Crippen LogP contribution in [0.15, 0.2) is 67.0 Å². The molecule has 2 N–H and O–H groups in total. The molecule has 3 nitrogen and oxygen atoms in total. The SMILES string of the molecule is Nc1ccc2c(ccn2-c2ncc(F)cc2C#Cc2ccc(F)cc2)c1. The Labute approximate surface area is 148 Å². The minimum Gasteiger partial charge on any atom is -0.399 e. The topological polar surface area (TPSA) is 43.8 Å². The number of nitrogens with zero attached hydrogens (tertiary/aromatic N) is 2. The molecule has 0 aliphatic rings. The molecule has 126 valence electrons. The van der Waals surface area contributed by atoms with E-state index < -0.39 is 5.82 Å². The summed E-state index contributed by atoms with van der Waals surface area (Å²) in [5.74, 6) is 5.56. The van der Waals surface area contributed by atoms with E-state index in [-0.39, 0.29) is 5.82 Å². The first kappa shape index (κ1) is 15.9. The summed E-state index contributed by atoms with van der Waals surface area (Å²) in [6, 6.07) is 14.6. The fourth-order valence-electron chi connectivity index (χ4n) is 2.73. The largest absolute Gasteiger partial charge is 0.399 e. The molecule has 0 unspecified atom stereocenters. The lowest BCUT2D eigenvalue weighted by molar-refractivity contribution is 0.620. The van der Waals surface area contributed by atoms with Crippen LogP contribution in [0.5, 0.6) is 0 Å². The molecule has 2 heterocycles. The first-order valence-corrected chi connectivity index (χ1v) is 7.90. The third kappa shape index (κ3) is 3.01. The summed E-state index contributed by atoms with van der Waals surface area (Å²) in [7, 11) is 0. The van der Waals surface area contributed by atoms with Crippen molar-refractivity contribution in [1.82, 2.24) is 9.55 Å². The summed E-state index contributed by atoms with van der Waals surface area (Å²) in [6.07, 6.45) is 2.99. The van der Waals surface area contributed by atoms with Gasteiger partial charge in [-0.25, -0.2) is 13.8 Å². The molecule has 4 rings (SSSR count). The Morgan fingerprint density at radius 2 is 1.69 bits per heavy atom. The Hall–Kier alpha value is -3.65. The van der Waals surface area contributed by atoms with Gasteiger partial charge in [-0.1, -0.05) is 11.8 Å². The zero-order valence-corrected chi connectivity index (χ0v) is 13.6. The van der Waals surface area contributed by atoms with Crippen molar-refractivity contribution in [3.8, 4) is 17.7 Å². The van der Waals surface area contributed by atoms with E-state index in [2.05, 4.69) is 16.8 Å². The number of halogens is 2. The first-order valence-electron chi connectivity index (χ1n) is 7.90. The van der Waals surface area contributed by atoms with E-state index >= 15 is 0 Å². The molecule has 2 aromatic carbocycles. The average molecular weight is 345 g/mol. The first-order chi connectivity index (χ1) is 12.6. The number of hydrogen-bond acceptors (Lipinski definition) is 2. The van der Waals surface area contributed by atoms with Crippen molar-refractivity contribution < 1.29 is 8.78 Å². The monoisotopic (exact) mass is 345 g/mol. The highest BCUT2D eigenvalue weighted by molar-refractivity contribution is 5.85. The minimum absolute atomic E-state index is 0.332. The lowest BCUT2D eigenvalue weighted by Gasteiger charge is -2.07. The van der Waals surface area contributed by atoms with Crippen LogP contribution in [0.25, 0.3) is 16.7 Å². The number of nitrogens with two attached hydrogens (primary N) is 1. The number of aromatic nitrogens is 2. The lowest BCUT2D eigenvalue weighted by Crippen LogP contribution is -2.00. The standard InChI is InChI=1S/C21H13F2N3/c22-17-5-2-14(3-6-17)1-4-16-11-18(23)13-25-21(16)26-10-9-15-12-19(24)7-8-20(15)26/h2-3,5-13H,24H2. The molecule has 0 radical (unpaired) electrons. The van der Waals surface area contributed by atoms with E-state index in [1.807, 2.05) is 29.0 Å². The van der Waals surface area contributed by atoms with Crippen LogP contribution in [0.1, 0.15) is 11.1 Å². The van der Waals surface area contributed by atoms with Gasteiger partial charge in [-0.3, -0.25) is 0 Å². The van der Waals surface area contributed by atoms with Crippen LogP contribution in [0.2, 0.25) is 0 Å². The van der Waals surface area contributed by atoms with Gasteiger partial charge in [-0.2, -0.15) is 0 Å². The smallest absolute Gasteiger partial charge is 0.153 e. The van der Waals surface area contributed by atoms with E-state index in [1.165, 1.54) is 18.2 Å². The summed E-state index contributed by atoms with van der Waals surface area (Å²) in [5.41, 5.74) is 8.44. The number of hydrogen-bond donors (Lipinski definition) is 1. The van der Waals surface area contributed by atoms with Crippen molar-refractivity contribution in [3.05, 3.63) is 89.8 Å². The highest BCUT2D eigenvalue weighted by Gasteiger charge is 2.10. The maximum Gasteiger partial charge on any atom is 0.153 e. The molecular weight excluding hydrogens is 332 g/mol. The van der Waals surface area contributed by atoms with Gasteiger partial charge < -0.3 is 10.3 Å². The van der Waals surface area contributed by atoms with Gasteiger partial charge in [0, 0.05) is 22.8 Å². The fraction of sp³-hybridized carbons (Fsp3) is 0. The van der Waals surface area contributed by atoms with E-state index in [1.54, 1.807) is 18.2 Å². The minimum atomic E-state index is -0.474. The quantitative estimate of drug-likeness (QED) is 0.413. The number of rotatable bonds is 1. The predicted octanol–water partition coefficient (Wildman–Crippen LogP) is 4.29. The molecule has 26 heavy (non-hydrogen) atoms. The maximum atomic E-state index is 13.7. The van der Waals surface area contributed by atoms with E-state index in [0.29, 0.717) is 22.6 Å². The number of fused-ring (bicyclic) bond motifs is 1. The van der Waals surface area contributed by atoms with Gasteiger partial charge in [0.2, 0.25) is 0 Å². The molecule has 0 aliphatic carbocycles. The molecule has 0 fully saturated rings. The molecular formula is C21H13F2N3. The second kappa shape index (κ2) is 6.34. The van der Waals surface area contributed by atoms with E-state index in [9.17, 15) is 8.78 Å². The zero-order valence-electron chi connectivity index (χ0n) is 13.6. The van der Waals surface area contributed by atoms with Crippen LogP contribution in [0, 0.1) is 23.5 Å². The van der Waals surface area contributed by atoms with Crippen LogP contribution in [-0.2, 0) is 0 Å². The summed E-state index contributed by atoms with van der Waals surface area (Å²) in [4.78, 5) is 4.21. The van der Waals surface area contributed by atoms with Crippen LogP contribution in [-0.4, -0.2) is 9.55 Å². The summed E-state index contributed by atoms with van der Waals surface area (Å²) in [6.45, 7) is 0. The maximum absolute atomic E-state index is 13.7. The summed E-state index contributed by atoms with van der Waals surface area (Å²) >= 11 is 0. The van der Waals surface area contributed by atoms with Crippen molar-refractivity contribution >= 4 is 16.6 Å². The molecule has 5 heteroatoms. The fourth-order valence-corrected chi connectivity index (χ4v) is 2.73. The summed E-state index contributed by atoms with van der Waals surface area (Å²) < 4.78 is 28.6. The van der Waals surface area contributed by atoms with Crippen LogP contribution < -0.4 is 5.73 Å². The zero-order chi connectivity index (χ0) is 18.1. The second-order valence-corrected chi connectivity index (χ2v) is 5.79. The third-order valence-corrected chi connectivity index (χ3v) is 3.96. The van der Waals surface area contributed by atoms with Gasteiger partial charge in [0.1, 0.15) is 11.6 Å². The van der Waals surface area contributed by atoms with Gasteiger partial charge >= 0.3 is 0 Å². The third-order valence-electron chi connectivity index (χ3n) is 3.96. The van der Waals surface area contributed by atoms with Gasteiger partial charge in [0.05, 0.1) is 17.3 Å². The molecule has 0 amide bonds. The number of nitrogen functional groups attached to an aromatic ring is 1. The van der Waals surface area contributed by atoms with Crippen molar-refractivity contribution in [2.24, 2.45) is 0 Å². The Balaban J connectivity index is 1.84. The van der Waals surface area contributed by atoms with E-state index in [4.69, 9.17) is 5.73 Å². The predicted molar refractivity (Wildman–Crippen MR) is 97.8 cm³/mol. The molecule has 4 aromatic rings. The molecule has 0 spiro atoms. The van der Waals surface area contributed by atoms with Crippen molar-refractivity contribution in [1.29, 1.82) is 0 Å². The highest BCUT2D eigenvalue weighted by Crippen LogP contribution is 2.23. The van der Waals surface area contributed by atoms with E-state index in [0.717, 1.165) is 17.1 Å². The van der Waals surface area contributed by atoms with Gasteiger partial charge in [-0.15, -0.1) is 0 Å². The summed E-state index contributed by atoms with van der Waals surface area (Å²) in [5, 5.41) is 0.952. The molecule has 0 bridgehead atoms. The number of anilines is 1. The van der Waals surface area contributed by atoms with Crippen LogP contribution in [0.3, 0.4) is 0 Å². The molecule has 0 saturated heterocycles. The normalized spacial score (nSPS) is 10.5. The van der Waals surface area contributed by atoms with Crippen LogP contribution in [0.4, 0.5) is 14.5 Å². The van der Waals surface area contributed by atoms with Crippen molar-refractivity contribution in [2.45, 2.75) is 0 Å². The highest BCUT2D eigenvalue weighted by atomic mass is 19.1. The second-order valence-electron chi connectivity index (χ2n) is 5.79. The van der Waals surface area contributed by atoms with Crippen molar-refractivity contribution in [2.75, 3.05) is 5.73 Å². The number of pyridine rings is 1. The Bertz CT molecular complexity index is 1170. The Morgan fingerprint density at radius 3 is 2.50 bits per heavy atom. The lowest BCUT2D eigenvalue weighted by atomic mass is 10.2. The Kier molecular flexibility index (Phi) is 3.86. The molecule has 0 saturated carbocycles. The molecule has 0 atom stereocenters. The molecule has 2 aromatic heterocycles.